The predicted molar refractivity (Wildman–Crippen MR) is 87.8 cm³/mol. The van der Waals surface area contributed by atoms with Gasteiger partial charge in [0.15, 0.2) is 5.69 Å². The number of nitrogens with zero attached hydrogens (tertiary/aromatic N) is 4. The van der Waals surface area contributed by atoms with Gasteiger partial charge in [-0.2, -0.15) is 5.10 Å². The van der Waals surface area contributed by atoms with Crippen LogP contribution in [0.3, 0.4) is 0 Å². The lowest BCUT2D eigenvalue weighted by molar-refractivity contribution is 0.0447. The third-order valence-electron chi connectivity index (χ3n) is 4.16. The Balaban J connectivity index is 1.63. The summed E-state index contributed by atoms with van der Waals surface area (Å²) in [6.45, 7) is 9.65. The molecule has 0 unspecified atom stereocenters. The van der Waals surface area contributed by atoms with Crippen molar-refractivity contribution < 1.29 is 9.32 Å². The molecule has 0 N–H and O–H groups in total. The fourth-order valence-electron chi connectivity index (χ4n) is 2.70. The molecule has 2 aromatic rings. The Labute approximate surface area is 140 Å². The first-order valence-electron chi connectivity index (χ1n) is 8.05. The molecule has 0 radical (unpaired) electrons. The van der Waals surface area contributed by atoms with Crippen LogP contribution in [-0.2, 0) is 12.0 Å². The average Bonchev–Trinajstić information content (AvgIpc) is 2.89. The van der Waals surface area contributed by atoms with Crippen LogP contribution < -0.4 is 5.56 Å². The van der Waals surface area contributed by atoms with E-state index in [-0.39, 0.29) is 22.8 Å². The lowest BCUT2D eigenvalue weighted by Gasteiger charge is -2.38. The van der Waals surface area contributed by atoms with Crippen molar-refractivity contribution in [3.8, 4) is 0 Å². The molecule has 1 aliphatic rings. The van der Waals surface area contributed by atoms with Crippen LogP contribution in [0.25, 0.3) is 0 Å². The monoisotopic (exact) mass is 330 g/mol. The molecular weight excluding hydrogens is 308 g/mol. The molecule has 0 aliphatic carbocycles. The molecule has 1 saturated heterocycles. The maximum atomic E-state index is 12.2. The van der Waals surface area contributed by atoms with E-state index >= 15 is 0 Å². The summed E-state index contributed by atoms with van der Waals surface area (Å²) in [6, 6.07) is 4.98. The molecule has 0 bridgehead atoms. The maximum Gasteiger partial charge on any atom is 0.276 e. The van der Waals surface area contributed by atoms with E-state index in [1.165, 1.54) is 4.68 Å². The molecule has 7 heteroatoms. The molecule has 1 fully saturated rings. The highest BCUT2D eigenvalue weighted by atomic mass is 16.5. The van der Waals surface area contributed by atoms with Crippen molar-refractivity contribution in [2.45, 2.75) is 39.7 Å². The van der Waals surface area contributed by atoms with Gasteiger partial charge < -0.3 is 9.42 Å². The van der Waals surface area contributed by atoms with Gasteiger partial charge in [-0.3, -0.25) is 9.59 Å². The molecule has 0 atom stereocenters. The van der Waals surface area contributed by atoms with Gasteiger partial charge >= 0.3 is 0 Å². The zero-order valence-electron chi connectivity index (χ0n) is 14.4. The standard InChI is InChI=1S/C17H22N4O3/c1-11-7-13(19-24-11)16(23)20-8-12(9-20)10-21-15(22)6-5-14(18-21)17(2,3)4/h5-7,12H,8-10H2,1-4H3. The number of aryl methyl sites for hydroxylation is 1. The second-order valence-corrected chi connectivity index (χ2v) is 7.39. The molecule has 0 aromatic carbocycles. The molecular formula is C17H22N4O3. The van der Waals surface area contributed by atoms with E-state index in [2.05, 4.69) is 31.0 Å². The minimum Gasteiger partial charge on any atom is -0.361 e. The minimum absolute atomic E-state index is 0.109. The Hall–Kier alpha value is -2.44. The Morgan fingerprint density at radius 1 is 1.33 bits per heavy atom. The van der Waals surface area contributed by atoms with E-state index < -0.39 is 0 Å². The molecule has 24 heavy (non-hydrogen) atoms. The zero-order chi connectivity index (χ0) is 17.5. The van der Waals surface area contributed by atoms with Gasteiger partial charge in [0.1, 0.15) is 5.76 Å². The molecule has 1 aliphatic heterocycles. The highest BCUT2D eigenvalue weighted by molar-refractivity contribution is 5.92. The minimum atomic E-state index is -0.133. The lowest BCUT2D eigenvalue weighted by Crippen LogP contribution is -2.52. The lowest BCUT2D eigenvalue weighted by atomic mass is 9.92. The predicted octanol–water partition coefficient (Wildman–Crippen LogP) is 1.61. The number of likely N-dealkylation sites (tertiary alicyclic amines) is 1. The van der Waals surface area contributed by atoms with E-state index in [1.807, 2.05) is 0 Å². The third kappa shape index (κ3) is 3.25. The van der Waals surface area contributed by atoms with E-state index in [1.54, 1.807) is 30.0 Å². The second-order valence-electron chi connectivity index (χ2n) is 7.39. The quantitative estimate of drug-likeness (QED) is 0.854. The number of aromatic nitrogens is 3. The van der Waals surface area contributed by atoms with E-state index in [4.69, 9.17) is 4.52 Å². The Morgan fingerprint density at radius 2 is 2.04 bits per heavy atom. The Bertz CT molecular complexity index is 810. The van der Waals surface area contributed by atoms with E-state index in [0.717, 1.165) is 5.69 Å². The molecule has 3 heterocycles. The number of hydrogen-bond acceptors (Lipinski definition) is 5. The molecule has 1 amide bonds. The summed E-state index contributed by atoms with van der Waals surface area (Å²) in [6.07, 6.45) is 0. The summed E-state index contributed by atoms with van der Waals surface area (Å²) >= 11 is 0. The molecule has 0 spiro atoms. The third-order valence-corrected chi connectivity index (χ3v) is 4.16. The van der Waals surface area contributed by atoms with Gasteiger partial charge in [0.2, 0.25) is 0 Å². The van der Waals surface area contributed by atoms with Crippen molar-refractivity contribution in [3.05, 3.63) is 45.7 Å². The van der Waals surface area contributed by atoms with Crippen LogP contribution in [0.1, 0.15) is 42.7 Å². The van der Waals surface area contributed by atoms with Crippen molar-refractivity contribution in [1.82, 2.24) is 19.8 Å². The van der Waals surface area contributed by atoms with Crippen molar-refractivity contribution in [2.75, 3.05) is 13.1 Å². The average molecular weight is 330 g/mol. The van der Waals surface area contributed by atoms with Crippen LogP contribution in [0.2, 0.25) is 0 Å². The van der Waals surface area contributed by atoms with Gasteiger partial charge in [-0.15, -0.1) is 0 Å². The molecule has 128 valence electrons. The first kappa shape index (κ1) is 16.4. The largest absolute Gasteiger partial charge is 0.361 e. The Morgan fingerprint density at radius 3 is 2.62 bits per heavy atom. The van der Waals surface area contributed by atoms with Crippen molar-refractivity contribution in [3.63, 3.8) is 0 Å². The summed E-state index contributed by atoms with van der Waals surface area (Å²) in [4.78, 5) is 25.9. The SMILES string of the molecule is Cc1cc(C(=O)N2CC(Cn3nc(C(C)(C)C)ccc3=O)C2)no1. The topological polar surface area (TPSA) is 81.2 Å². The van der Waals surface area contributed by atoms with Crippen LogP contribution >= 0.6 is 0 Å². The zero-order valence-corrected chi connectivity index (χ0v) is 14.4. The van der Waals surface area contributed by atoms with Gasteiger partial charge in [-0.05, 0) is 13.0 Å². The fourth-order valence-corrected chi connectivity index (χ4v) is 2.70. The summed E-state index contributed by atoms with van der Waals surface area (Å²) in [5, 5.41) is 8.22. The smallest absolute Gasteiger partial charge is 0.276 e. The molecule has 0 saturated carbocycles. The van der Waals surface area contributed by atoms with Crippen LogP contribution in [0.5, 0.6) is 0 Å². The molecule has 2 aromatic heterocycles. The summed E-state index contributed by atoms with van der Waals surface area (Å²) < 4.78 is 6.44. The highest BCUT2D eigenvalue weighted by Gasteiger charge is 2.33. The molecule has 7 nitrogen and oxygen atoms in total. The number of rotatable bonds is 3. The van der Waals surface area contributed by atoms with Gasteiger partial charge in [-0.25, -0.2) is 4.68 Å². The Kier molecular flexibility index (Phi) is 4.03. The number of carbonyl (C=O) groups excluding carboxylic acids is 1. The highest BCUT2D eigenvalue weighted by Crippen LogP contribution is 2.21. The van der Waals surface area contributed by atoms with Crippen molar-refractivity contribution in [2.24, 2.45) is 5.92 Å². The fraction of sp³-hybridized carbons (Fsp3) is 0.529. The van der Waals surface area contributed by atoms with Crippen molar-refractivity contribution >= 4 is 5.91 Å². The normalized spacial score (nSPS) is 15.4. The number of hydrogen-bond donors (Lipinski definition) is 0. The van der Waals surface area contributed by atoms with Crippen LogP contribution in [0.4, 0.5) is 0 Å². The van der Waals surface area contributed by atoms with Crippen LogP contribution in [0, 0.1) is 12.8 Å². The second kappa shape index (κ2) is 5.89. The summed E-state index contributed by atoms with van der Waals surface area (Å²) in [7, 11) is 0. The molecule has 3 rings (SSSR count). The van der Waals surface area contributed by atoms with Crippen LogP contribution in [0.15, 0.2) is 27.5 Å². The summed E-state index contributed by atoms with van der Waals surface area (Å²) in [5.74, 6) is 0.708. The van der Waals surface area contributed by atoms with E-state index in [9.17, 15) is 9.59 Å². The van der Waals surface area contributed by atoms with Gasteiger partial charge in [0, 0.05) is 36.6 Å². The number of amides is 1. The van der Waals surface area contributed by atoms with Gasteiger partial charge in [0.05, 0.1) is 12.2 Å². The maximum absolute atomic E-state index is 12.2. The number of carbonyl (C=O) groups is 1. The van der Waals surface area contributed by atoms with Crippen molar-refractivity contribution in [1.29, 1.82) is 0 Å². The van der Waals surface area contributed by atoms with Crippen LogP contribution in [-0.4, -0.2) is 38.8 Å². The van der Waals surface area contributed by atoms with Gasteiger partial charge in [-0.1, -0.05) is 25.9 Å². The van der Waals surface area contributed by atoms with E-state index in [0.29, 0.717) is 31.1 Å². The summed E-state index contributed by atoms with van der Waals surface area (Å²) in [5.41, 5.74) is 0.991. The van der Waals surface area contributed by atoms with Gasteiger partial charge in [0.25, 0.3) is 11.5 Å². The first-order valence-corrected chi connectivity index (χ1v) is 8.05. The first-order chi connectivity index (χ1) is 11.2.